The second kappa shape index (κ2) is 6.81. The highest BCUT2D eigenvalue weighted by atomic mass is 16.6. The van der Waals surface area contributed by atoms with E-state index in [9.17, 15) is 9.59 Å². The molecule has 0 N–H and O–H groups in total. The molecule has 0 unspecified atom stereocenters. The second-order valence-corrected chi connectivity index (χ2v) is 6.09. The van der Waals surface area contributed by atoms with E-state index in [4.69, 9.17) is 9.47 Å². The highest BCUT2D eigenvalue weighted by Crippen LogP contribution is 2.35. The van der Waals surface area contributed by atoms with Gasteiger partial charge in [-0.1, -0.05) is 30.3 Å². The summed E-state index contributed by atoms with van der Waals surface area (Å²) < 4.78 is 10.2. The second-order valence-electron chi connectivity index (χ2n) is 6.09. The molecule has 0 spiro atoms. The molecule has 1 amide bonds. The molecule has 0 aliphatic carbocycles. The van der Waals surface area contributed by atoms with Crippen molar-refractivity contribution in [1.82, 2.24) is 4.90 Å². The smallest absolute Gasteiger partial charge is 0.410 e. The summed E-state index contributed by atoms with van der Waals surface area (Å²) in [6.45, 7) is 4.59. The van der Waals surface area contributed by atoms with Crippen molar-refractivity contribution in [1.29, 1.82) is 0 Å². The number of esters is 1. The Balaban J connectivity index is 1.91. The van der Waals surface area contributed by atoms with Gasteiger partial charge in [0.05, 0.1) is 12.5 Å². The molecule has 1 aliphatic rings. The summed E-state index contributed by atoms with van der Waals surface area (Å²) in [5.41, 5.74) is 0.435. The Morgan fingerprint density at radius 2 is 2.00 bits per heavy atom. The van der Waals surface area contributed by atoms with Crippen molar-refractivity contribution in [3.05, 3.63) is 35.9 Å². The Labute approximate surface area is 131 Å². The molecule has 0 bridgehead atoms. The molecule has 5 heteroatoms. The van der Waals surface area contributed by atoms with E-state index in [-0.39, 0.29) is 24.7 Å². The van der Waals surface area contributed by atoms with Crippen LogP contribution in [-0.2, 0) is 20.9 Å². The van der Waals surface area contributed by atoms with Crippen molar-refractivity contribution in [2.24, 2.45) is 5.41 Å². The van der Waals surface area contributed by atoms with E-state index in [0.29, 0.717) is 19.4 Å². The van der Waals surface area contributed by atoms with E-state index in [2.05, 4.69) is 0 Å². The van der Waals surface area contributed by atoms with Gasteiger partial charge in [0.25, 0.3) is 0 Å². The fourth-order valence-electron chi connectivity index (χ4n) is 2.96. The number of ether oxygens (including phenoxy) is 2. The summed E-state index contributed by atoms with van der Waals surface area (Å²) in [6.07, 6.45) is 0.841. The quantitative estimate of drug-likeness (QED) is 0.806. The molecule has 0 aromatic heterocycles. The van der Waals surface area contributed by atoms with Gasteiger partial charge in [0.1, 0.15) is 6.61 Å². The van der Waals surface area contributed by atoms with Gasteiger partial charge in [-0.3, -0.25) is 4.79 Å². The first-order valence-electron chi connectivity index (χ1n) is 7.52. The van der Waals surface area contributed by atoms with Crippen LogP contribution in [0.4, 0.5) is 4.79 Å². The van der Waals surface area contributed by atoms with Crippen LogP contribution in [0.5, 0.6) is 0 Å². The van der Waals surface area contributed by atoms with Crippen LogP contribution in [0.25, 0.3) is 0 Å². The molecule has 22 heavy (non-hydrogen) atoms. The average molecular weight is 305 g/mol. The molecule has 0 saturated carbocycles. The average Bonchev–Trinajstić information content (AvgIpc) is 2.52. The largest absolute Gasteiger partial charge is 0.469 e. The molecular formula is C17H23NO4. The van der Waals surface area contributed by atoms with Crippen LogP contribution in [0.15, 0.2) is 30.3 Å². The van der Waals surface area contributed by atoms with Crippen molar-refractivity contribution in [3.63, 3.8) is 0 Å². The minimum Gasteiger partial charge on any atom is -0.469 e. The zero-order valence-corrected chi connectivity index (χ0v) is 13.4. The van der Waals surface area contributed by atoms with E-state index < -0.39 is 5.41 Å². The topological polar surface area (TPSA) is 55.8 Å². The fourth-order valence-corrected chi connectivity index (χ4v) is 2.96. The monoisotopic (exact) mass is 305 g/mol. The SMILES string of the molecule is COC(=O)[C@@]1(C)CCN(C(=O)OCc2ccccc2)[C@@H](C)C1. The van der Waals surface area contributed by atoms with Crippen LogP contribution in [0.2, 0.25) is 0 Å². The van der Waals surface area contributed by atoms with Crippen LogP contribution >= 0.6 is 0 Å². The third kappa shape index (κ3) is 3.59. The van der Waals surface area contributed by atoms with Crippen LogP contribution in [0.1, 0.15) is 32.3 Å². The molecule has 1 saturated heterocycles. The van der Waals surface area contributed by atoms with E-state index in [1.54, 1.807) is 4.90 Å². The maximum Gasteiger partial charge on any atom is 0.410 e. The summed E-state index contributed by atoms with van der Waals surface area (Å²) in [4.78, 5) is 25.8. The summed E-state index contributed by atoms with van der Waals surface area (Å²) in [5.74, 6) is -0.211. The van der Waals surface area contributed by atoms with Crippen molar-refractivity contribution in [2.45, 2.75) is 39.3 Å². The highest BCUT2D eigenvalue weighted by Gasteiger charge is 2.42. The number of hydrogen-bond acceptors (Lipinski definition) is 4. The number of nitrogens with zero attached hydrogens (tertiary/aromatic N) is 1. The Hall–Kier alpha value is -2.04. The van der Waals surface area contributed by atoms with Gasteiger partial charge in [-0.05, 0) is 32.3 Å². The van der Waals surface area contributed by atoms with Crippen LogP contribution in [-0.4, -0.2) is 36.7 Å². The molecule has 1 aliphatic heterocycles. The van der Waals surface area contributed by atoms with Crippen molar-refractivity contribution >= 4 is 12.1 Å². The third-order valence-electron chi connectivity index (χ3n) is 4.30. The number of methoxy groups -OCH3 is 1. The molecule has 1 fully saturated rings. The predicted octanol–water partition coefficient (Wildman–Crippen LogP) is 2.99. The summed E-state index contributed by atoms with van der Waals surface area (Å²) in [7, 11) is 1.40. The Morgan fingerprint density at radius 1 is 1.32 bits per heavy atom. The maximum atomic E-state index is 12.2. The first-order valence-corrected chi connectivity index (χ1v) is 7.52. The predicted molar refractivity (Wildman–Crippen MR) is 82.2 cm³/mol. The van der Waals surface area contributed by atoms with Crippen LogP contribution in [0.3, 0.4) is 0 Å². The van der Waals surface area contributed by atoms with Gasteiger partial charge >= 0.3 is 12.1 Å². The zero-order chi connectivity index (χ0) is 16.2. The van der Waals surface area contributed by atoms with Gasteiger partial charge in [0.2, 0.25) is 0 Å². The van der Waals surface area contributed by atoms with Crippen molar-refractivity contribution < 1.29 is 19.1 Å². The lowest BCUT2D eigenvalue weighted by molar-refractivity contribution is -0.155. The highest BCUT2D eigenvalue weighted by molar-refractivity contribution is 5.77. The fraction of sp³-hybridized carbons (Fsp3) is 0.529. The lowest BCUT2D eigenvalue weighted by Gasteiger charge is -2.41. The number of likely N-dealkylation sites (tertiary alicyclic amines) is 1. The first kappa shape index (κ1) is 16.3. The molecule has 1 heterocycles. The molecular weight excluding hydrogens is 282 g/mol. The Bertz CT molecular complexity index is 531. The standard InChI is InChI=1S/C17H23NO4/c1-13-11-17(2,15(19)21-3)9-10-18(13)16(20)22-12-14-7-5-4-6-8-14/h4-8,13H,9-12H2,1-3H3/t13-,17-/m0/s1. The van der Waals surface area contributed by atoms with Crippen molar-refractivity contribution in [2.75, 3.05) is 13.7 Å². The lowest BCUT2D eigenvalue weighted by atomic mass is 9.77. The van der Waals surface area contributed by atoms with E-state index >= 15 is 0 Å². The first-order chi connectivity index (χ1) is 10.5. The number of carbonyl (C=O) groups excluding carboxylic acids is 2. The number of benzene rings is 1. The number of rotatable bonds is 3. The zero-order valence-electron chi connectivity index (χ0n) is 13.4. The van der Waals surface area contributed by atoms with Gasteiger partial charge in [-0.25, -0.2) is 4.79 Å². The summed E-state index contributed by atoms with van der Waals surface area (Å²) in [6, 6.07) is 9.53. The number of piperidine rings is 1. The van der Waals surface area contributed by atoms with Crippen molar-refractivity contribution in [3.8, 4) is 0 Å². The molecule has 0 radical (unpaired) electrons. The van der Waals surface area contributed by atoms with Crippen LogP contribution < -0.4 is 0 Å². The number of hydrogen-bond donors (Lipinski definition) is 0. The molecule has 1 aromatic rings. The lowest BCUT2D eigenvalue weighted by Crippen LogP contribution is -2.50. The van der Waals surface area contributed by atoms with Gasteiger partial charge in [-0.15, -0.1) is 0 Å². The van der Waals surface area contributed by atoms with E-state index in [0.717, 1.165) is 5.56 Å². The van der Waals surface area contributed by atoms with Crippen LogP contribution in [0, 0.1) is 5.41 Å². The molecule has 120 valence electrons. The minimum absolute atomic E-state index is 0.0545. The molecule has 2 atom stereocenters. The number of amides is 1. The van der Waals surface area contributed by atoms with E-state index in [1.807, 2.05) is 44.2 Å². The Morgan fingerprint density at radius 3 is 2.59 bits per heavy atom. The van der Waals surface area contributed by atoms with Gasteiger partial charge < -0.3 is 14.4 Å². The summed E-state index contributed by atoms with van der Waals surface area (Å²) in [5, 5.41) is 0. The molecule has 2 rings (SSSR count). The van der Waals surface area contributed by atoms with E-state index in [1.165, 1.54) is 7.11 Å². The minimum atomic E-state index is -0.523. The van der Waals surface area contributed by atoms with Gasteiger partial charge in [0, 0.05) is 12.6 Å². The summed E-state index contributed by atoms with van der Waals surface area (Å²) >= 11 is 0. The normalized spacial score (nSPS) is 24.7. The molecule has 1 aromatic carbocycles. The Kier molecular flexibility index (Phi) is 5.06. The van der Waals surface area contributed by atoms with Gasteiger partial charge in [-0.2, -0.15) is 0 Å². The molecule has 5 nitrogen and oxygen atoms in total. The number of carbonyl (C=O) groups is 2. The third-order valence-corrected chi connectivity index (χ3v) is 4.30. The maximum absolute atomic E-state index is 12.2. The van der Waals surface area contributed by atoms with Gasteiger partial charge in [0.15, 0.2) is 0 Å².